The summed E-state index contributed by atoms with van der Waals surface area (Å²) in [5.74, 6) is 1.34. The third-order valence-corrected chi connectivity index (χ3v) is 7.84. The molecular weight excluding hydrogens is 388 g/mol. The number of nitrogens with one attached hydrogen (secondary N) is 2. The van der Waals surface area contributed by atoms with Gasteiger partial charge in [0, 0.05) is 25.0 Å². The Kier molecular flexibility index (Phi) is 7.07. The Labute approximate surface area is 188 Å². The molecule has 0 aliphatic heterocycles. The monoisotopic (exact) mass is 430 g/mol. The first-order valence-electron chi connectivity index (χ1n) is 11.9. The van der Waals surface area contributed by atoms with E-state index >= 15 is 0 Å². The number of rotatable bonds is 8. The number of carbonyl (C=O) groups excluding carboxylic acids is 1. The van der Waals surface area contributed by atoms with Gasteiger partial charge in [0.05, 0.1) is 12.7 Å². The van der Waals surface area contributed by atoms with Gasteiger partial charge in [0.2, 0.25) is 5.91 Å². The van der Waals surface area contributed by atoms with E-state index in [1.807, 2.05) is 31.2 Å². The van der Waals surface area contributed by atoms with E-state index in [4.69, 9.17) is 4.74 Å². The molecule has 2 fully saturated rings. The first-order valence-corrected chi connectivity index (χ1v) is 11.9. The standard InChI is InChI=1S/C26H42N2O3/c1-18(2)28-22-16-24(3,4)21-15-25(5,30)13-14-26(21,22)12-11-23(29)27-17-19-7-9-20(31-6)10-8-19/h7-10,18,21-22,28,30H,11-17H2,1-6H3,(H,27,29)/t21-,22-,25+,26+/m1/s1. The largest absolute Gasteiger partial charge is 0.497 e. The second kappa shape index (κ2) is 9.11. The molecule has 0 bridgehead atoms. The summed E-state index contributed by atoms with van der Waals surface area (Å²) in [5, 5.41) is 17.8. The molecule has 5 heteroatoms. The van der Waals surface area contributed by atoms with Gasteiger partial charge in [0.1, 0.15) is 5.75 Å². The molecule has 2 aliphatic rings. The van der Waals surface area contributed by atoms with Gasteiger partial charge in [-0.2, -0.15) is 0 Å². The normalized spacial score (nSPS) is 32.0. The lowest BCUT2D eigenvalue weighted by Crippen LogP contribution is -2.52. The summed E-state index contributed by atoms with van der Waals surface area (Å²) in [7, 11) is 1.65. The van der Waals surface area contributed by atoms with Gasteiger partial charge in [-0.25, -0.2) is 0 Å². The Balaban J connectivity index is 1.68. The fourth-order valence-corrected chi connectivity index (χ4v) is 6.24. The number of carbonyl (C=O) groups is 1. The molecule has 2 aliphatic carbocycles. The van der Waals surface area contributed by atoms with Crippen LogP contribution in [0.4, 0.5) is 0 Å². The Hall–Kier alpha value is -1.59. The van der Waals surface area contributed by atoms with Crippen LogP contribution in [-0.4, -0.2) is 35.8 Å². The van der Waals surface area contributed by atoms with E-state index in [2.05, 4.69) is 38.3 Å². The van der Waals surface area contributed by atoms with Crippen LogP contribution in [0.2, 0.25) is 0 Å². The molecule has 3 rings (SSSR count). The molecular formula is C26H42N2O3. The highest BCUT2D eigenvalue weighted by Crippen LogP contribution is 2.63. The molecule has 0 spiro atoms. The molecule has 1 aromatic rings. The van der Waals surface area contributed by atoms with Crippen molar-refractivity contribution in [2.75, 3.05) is 7.11 Å². The van der Waals surface area contributed by atoms with Gasteiger partial charge >= 0.3 is 0 Å². The number of hydrogen-bond acceptors (Lipinski definition) is 4. The highest BCUT2D eigenvalue weighted by atomic mass is 16.5. The van der Waals surface area contributed by atoms with Crippen LogP contribution in [0.25, 0.3) is 0 Å². The SMILES string of the molecule is COc1ccc(CNC(=O)CC[C@]23CC[C@](C)(O)C[C@@H]2C(C)(C)C[C@H]3NC(C)C)cc1. The molecule has 0 heterocycles. The summed E-state index contributed by atoms with van der Waals surface area (Å²) in [6, 6.07) is 8.60. The summed E-state index contributed by atoms with van der Waals surface area (Å²) in [6.45, 7) is 11.6. The van der Waals surface area contributed by atoms with E-state index in [9.17, 15) is 9.90 Å². The number of benzene rings is 1. The van der Waals surface area contributed by atoms with Crippen molar-refractivity contribution >= 4 is 5.91 Å². The van der Waals surface area contributed by atoms with Gasteiger partial charge in [-0.3, -0.25) is 4.79 Å². The minimum absolute atomic E-state index is 0.0630. The minimum Gasteiger partial charge on any atom is -0.497 e. The first-order chi connectivity index (χ1) is 14.5. The Morgan fingerprint density at radius 3 is 2.45 bits per heavy atom. The van der Waals surface area contributed by atoms with Crippen molar-refractivity contribution in [3.63, 3.8) is 0 Å². The fourth-order valence-electron chi connectivity index (χ4n) is 6.24. The highest BCUT2D eigenvalue weighted by molar-refractivity contribution is 5.76. The lowest BCUT2D eigenvalue weighted by molar-refractivity contribution is -0.123. The van der Waals surface area contributed by atoms with Gasteiger partial charge in [0.25, 0.3) is 0 Å². The van der Waals surface area contributed by atoms with Crippen LogP contribution >= 0.6 is 0 Å². The van der Waals surface area contributed by atoms with Crippen LogP contribution in [0.3, 0.4) is 0 Å². The number of methoxy groups -OCH3 is 1. The number of amides is 1. The van der Waals surface area contributed by atoms with Crippen LogP contribution in [0, 0.1) is 16.7 Å². The van der Waals surface area contributed by atoms with Crippen LogP contribution in [-0.2, 0) is 11.3 Å². The maximum Gasteiger partial charge on any atom is 0.220 e. The quantitative estimate of drug-likeness (QED) is 0.571. The van der Waals surface area contributed by atoms with Crippen molar-refractivity contribution in [1.82, 2.24) is 10.6 Å². The van der Waals surface area contributed by atoms with Crippen molar-refractivity contribution in [3.05, 3.63) is 29.8 Å². The maximum absolute atomic E-state index is 12.8. The predicted molar refractivity (Wildman–Crippen MR) is 125 cm³/mol. The Bertz CT molecular complexity index is 756. The maximum atomic E-state index is 12.8. The Morgan fingerprint density at radius 1 is 1.16 bits per heavy atom. The molecule has 0 radical (unpaired) electrons. The van der Waals surface area contributed by atoms with E-state index in [-0.39, 0.29) is 16.7 Å². The summed E-state index contributed by atoms with van der Waals surface area (Å²) in [5.41, 5.74) is 0.680. The number of aliphatic hydroxyl groups is 1. The highest BCUT2D eigenvalue weighted by Gasteiger charge is 2.61. The average molecular weight is 431 g/mol. The molecule has 2 saturated carbocycles. The van der Waals surface area contributed by atoms with E-state index < -0.39 is 5.60 Å². The predicted octanol–water partition coefficient (Wildman–Crippen LogP) is 4.43. The van der Waals surface area contributed by atoms with E-state index in [0.717, 1.165) is 43.4 Å². The lowest BCUT2D eigenvalue weighted by Gasteiger charge is -2.51. The zero-order valence-electron chi connectivity index (χ0n) is 20.3. The second-order valence-corrected chi connectivity index (χ2v) is 11.2. The topological polar surface area (TPSA) is 70.6 Å². The second-order valence-electron chi connectivity index (χ2n) is 11.2. The molecule has 0 unspecified atom stereocenters. The molecule has 1 aromatic carbocycles. The summed E-state index contributed by atoms with van der Waals surface area (Å²) in [6.07, 6.45) is 5.11. The van der Waals surface area contributed by atoms with Crippen molar-refractivity contribution in [2.45, 2.75) is 97.4 Å². The number of hydrogen-bond donors (Lipinski definition) is 3. The van der Waals surface area contributed by atoms with E-state index in [0.29, 0.717) is 31.0 Å². The number of fused-ring (bicyclic) bond motifs is 1. The van der Waals surface area contributed by atoms with Crippen LogP contribution < -0.4 is 15.4 Å². The van der Waals surface area contributed by atoms with Gasteiger partial charge in [0.15, 0.2) is 0 Å². The zero-order valence-corrected chi connectivity index (χ0v) is 20.3. The lowest BCUT2D eigenvalue weighted by atomic mass is 9.57. The third-order valence-electron chi connectivity index (χ3n) is 7.84. The molecule has 0 aromatic heterocycles. The summed E-state index contributed by atoms with van der Waals surface area (Å²) >= 11 is 0. The average Bonchev–Trinajstić information content (AvgIpc) is 2.90. The van der Waals surface area contributed by atoms with Crippen LogP contribution in [0.15, 0.2) is 24.3 Å². The Morgan fingerprint density at radius 2 is 1.84 bits per heavy atom. The molecule has 31 heavy (non-hydrogen) atoms. The molecule has 174 valence electrons. The van der Waals surface area contributed by atoms with Crippen molar-refractivity contribution in [2.24, 2.45) is 16.7 Å². The van der Waals surface area contributed by atoms with Gasteiger partial charge in [-0.1, -0.05) is 39.8 Å². The van der Waals surface area contributed by atoms with E-state index in [1.165, 1.54) is 0 Å². The van der Waals surface area contributed by atoms with Crippen molar-refractivity contribution in [3.8, 4) is 5.75 Å². The molecule has 5 nitrogen and oxygen atoms in total. The van der Waals surface area contributed by atoms with Crippen LogP contribution in [0.5, 0.6) is 5.75 Å². The van der Waals surface area contributed by atoms with Gasteiger partial charge < -0.3 is 20.5 Å². The third kappa shape index (κ3) is 5.43. The fraction of sp³-hybridized carbons (Fsp3) is 0.731. The molecule has 1 amide bonds. The summed E-state index contributed by atoms with van der Waals surface area (Å²) in [4.78, 5) is 12.8. The zero-order chi connectivity index (χ0) is 22.9. The van der Waals surface area contributed by atoms with Crippen LogP contribution in [0.1, 0.15) is 78.7 Å². The first kappa shape index (κ1) is 24.1. The summed E-state index contributed by atoms with van der Waals surface area (Å²) < 4.78 is 5.20. The number of ether oxygens (including phenoxy) is 1. The van der Waals surface area contributed by atoms with Crippen molar-refractivity contribution in [1.29, 1.82) is 0 Å². The minimum atomic E-state index is -0.602. The van der Waals surface area contributed by atoms with E-state index in [1.54, 1.807) is 7.11 Å². The van der Waals surface area contributed by atoms with Crippen molar-refractivity contribution < 1.29 is 14.6 Å². The van der Waals surface area contributed by atoms with Gasteiger partial charge in [-0.05, 0) is 73.5 Å². The van der Waals surface area contributed by atoms with Gasteiger partial charge in [-0.15, -0.1) is 0 Å². The molecule has 4 atom stereocenters. The smallest absolute Gasteiger partial charge is 0.220 e. The molecule has 0 saturated heterocycles. The molecule has 3 N–H and O–H groups in total.